The molecule has 0 N–H and O–H groups in total. The zero-order valence-electron chi connectivity index (χ0n) is 12.4. The topological polar surface area (TPSA) is 26.3 Å². The number of Topliss-reactive ketones (excluding diaryl/α,β-unsaturated/α-hetero) is 1. The van der Waals surface area contributed by atoms with Crippen molar-refractivity contribution in [3.05, 3.63) is 71.8 Å². The standard InChI is InChI=1S/C20H16O2/c1-13-19-17(18(21)12-22-13)11-15-9-5-6-10-16(15)20(19)14-7-3-2-4-8-14/h2-11,13H,12H2,1H3. The molecule has 2 heteroatoms. The van der Waals surface area contributed by atoms with Crippen LogP contribution in [0.5, 0.6) is 0 Å². The van der Waals surface area contributed by atoms with Gasteiger partial charge in [0.05, 0.1) is 6.10 Å². The van der Waals surface area contributed by atoms with Crippen LogP contribution in [0.15, 0.2) is 60.7 Å². The van der Waals surface area contributed by atoms with E-state index < -0.39 is 0 Å². The van der Waals surface area contributed by atoms with Gasteiger partial charge in [0.15, 0.2) is 5.78 Å². The van der Waals surface area contributed by atoms with Crippen LogP contribution in [0, 0.1) is 0 Å². The predicted molar refractivity (Wildman–Crippen MR) is 88.1 cm³/mol. The molecule has 1 unspecified atom stereocenters. The zero-order chi connectivity index (χ0) is 15.1. The number of carbonyl (C=O) groups is 1. The van der Waals surface area contributed by atoms with Crippen molar-refractivity contribution in [1.29, 1.82) is 0 Å². The van der Waals surface area contributed by atoms with E-state index in [1.54, 1.807) is 0 Å². The quantitative estimate of drug-likeness (QED) is 0.644. The number of fused-ring (bicyclic) bond motifs is 2. The Balaban J connectivity index is 2.16. The van der Waals surface area contributed by atoms with Gasteiger partial charge in [0.25, 0.3) is 0 Å². The first-order valence-electron chi connectivity index (χ1n) is 7.51. The monoisotopic (exact) mass is 288 g/mol. The van der Waals surface area contributed by atoms with Gasteiger partial charge in [-0.05, 0) is 40.5 Å². The summed E-state index contributed by atoms with van der Waals surface area (Å²) in [4.78, 5) is 12.3. The van der Waals surface area contributed by atoms with Gasteiger partial charge in [-0.15, -0.1) is 0 Å². The normalized spacial score (nSPS) is 17.5. The highest BCUT2D eigenvalue weighted by Crippen LogP contribution is 2.40. The minimum absolute atomic E-state index is 0.0658. The Kier molecular flexibility index (Phi) is 3.05. The summed E-state index contributed by atoms with van der Waals surface area (Å²) in [6.07, 6.45) is -0.0764. The summed E-state index contributed by atoms with van der Waals surface area (Å²) in [5.41, 5.74) is 4.06. The van der Waals surface area contributed by atoms with Crippen molar-refractivity contribution in [3.8, 4) is 11.1 Å². The van der Waals surface area contributed by atoms with E-state index in [1.807, 2.05) is 43.3 Å². The van der Waals surface area contributed by atoms with Gasteiger partial charge in [-0.2, -0.15) is 0 Å². The molecular formula is C20H16O2. The van der Waals surface area contributed by atoms with Crippen LogP contribution < -0.4 is 0 Å². The number of carbonyl (C=O) groups excluding carboxylic acids is 1. The summed E-state index contributed by atoms with van der Waals surface area (Å²) in [5.74, 6) is 0.0658. The van der Waals surface area contributed by atoms with Crippen molar-refractivity contribution in [2.45, 2.75) is 13.0 Å². The predicted octanol–water partition coefficient (Wildman–Crippen LogP) is 4.78. The molecule has 0 aliphatic carbocycles. The van der Waals surface area contributed by atoms with E-state index >= 15 is 0 Å². The molecule has 0 fully saturated rings. The van der Waals surface area contributed by atoms with Gasteiger partial charge in [0.1, 0.15) is 6.61 Å². The highest BCUT2D eigenvalue weighted by molar-refractivity contribution is 6.09. The second-order valence-corrected chi connectivity index (χ2v) is 5.68. The highest BCUT2D eigenvalue weighted by Gasteiger charge is 2.28. The molecule has 0 bridgehead atoms. The summed E-state index contributed by atoms with van der Waals surface area (Å²) >= 11 is 0. The van der Waals surface area contributed by atoms with Crippen LogP contribution in [0.1, 0.15) is 28.9 Å². The van der Waals surface area contributed by atoms with Crippen molar-refractivity contribution in [2.75, 3.05) is 6.61 Å². The number of rotatable bonds is 1. The molecule has 0 radical (unpaired) electrons. The SMILES string of the molecule is CC1OCC(=O)c2cc3ccccc3c(-c3ccccc3)c21. The largest absolute Gasteiger partial charge is 0.366 e. The van der Waals surface area contributed by atoms with Gasteiger partial charge in [-0.3, -0.25) is 4.79 Å². The number of ether oxygens (including phenoxy) is 1. The number of benzene rings is 3. The van der Waals surface area contributed by atoms with Crippen LogP contribution in [0.3, 0.4) is 0 Å². The summed E-state index contributed by atoms with van der Waals surface area (Å²) in [5, 5.41) is 2.26. The average molecular weight is 288 g/mol. The van der Waals surface area contributed by atoms with Crippen LogP contribution >= 0.6 is 0 Å². The Morgan fingerprint density at radius 3 is 2.55 bits per heavy atom. The lowest BCUT2D eigenvalue weighted by Crippen LogP contribution is -2.22. The first kappa shape index (κ1) is 13.2. The van der Waals surface area contributed by atoms with Crippen molar-refractivity contribution >= 4 is 16.6 Å². The van der Waals surface area contributed by atoms with Crippen molar-refractivity contribution in [3.63, 3.8) is 0 Å². The van der Waals surface area contributed by atoms with Gasteiger partial charge in [0, 0.05) is 5.56 Å². The molecule has 3 aromatic rings. The molecule has 108 valence electrons. The number of hydrogen-bond donors (Lipinski definition) is 0. The molecule has 2 nitrogen and oxygen atoms in total. The molecule has 0 aromatic heterocycles. The van der Waals surface area contributed by atoms with Gasteiger partial charge < -0.3 is 4.74 Å². The molecule has 1 heterocycles. The van der Waals surface area contributed by atoms with Crippen LogP contribution in [0.4, 0.5) is 0 Å². The van der Waals surface area contributed by atoms with E-state index in [1.165, 1.54) is 0 Å². The van der Waals surface area contributed by atoms with Crippen LogP contribution in [0.25, 0.3) is 21.9 Å². The summed E-state index contributed by atoms with van der Waals surface area (Å²) in [6.45, 7) is 2.19. The molecule has 22 heavy (non-hydrogen) atoms. The third kappa shape index (κ3) is 1.96. The van der Waals surface area contributed by atoms with E-state index in [0.29, 0.717) is 0 Å². The maximum Gasteiger partial charge on any atom is 0.188 e. The molecular weight excluding hydrogens is 272 g/mol. The zero-order valence-corrected chi connectivity index (χ0v) is 12.4. The number of ketones is 1. The highest BCUT2D eigenvalue weighted by atomic mass is 16.5. The molecule has 0 saturated carbocycles. The average Bonchev–Trinajstić information content (AvgIpc) is 2.57. The van der Waals surface area contributed by atoms with E-state index in [0.717, 1.165) is 33.0 Å². The molecule has 3 aromatic carbocycles. The number of hydrogen-bond acceptors (Lipinski definition) is 2. The smallest absolute Gasteiger partial charge is 0.188 e. The Labute approximate surface area is 129 Å². The minimum atomic E-state index is -0.0764. The molecule has 1 aliphatic rings. The Hall–Kier alpha value is -2.45. The van der Waals surface area contributed by atoms with Crippen LogP contribution in [-0.4, -0.2) is 12.4 Å². The molecule has 4 rings (SSSR count). The Morgan fingerprint density at radius 2 is 1.73 bits per heavy atom. The minimum Gasteiger partial charge on any atom is -0.366 e. The fourth-order valence-corrected chi connectivity index (χ4v) is 3.29. The van der Waals surface area contributed by atoms with Crippen molar-refractivity contribution < 1.29 is 9.53 Å². The first-order valence-corrected chi connectivity index (χ1v) is 7.51. The third-order valence-electron chi connectivity index (χ3n) is 4.32. The first-order chi connectivity index (χ1) is 10.8. The van der Waals surface area contributed by atoms with E-state index in [-0.39, 0.29) is 18.5 Å². The van der Waals surface area contributed by atoms with Gasteiger partial charge in [-0.1, -0.05) is 54.6 Å². The van der Waals surface area contributed by atoms with Gasteiger partial charge in [-0.25, -0.2) is 0 Å². The Morgan fingerprint density at radius 1 is 1.00 bits per heavy atom. The Bertz CT molecular complexity index is 866. The fourth-order valence-electron chi connectivity index (χ4n) is 3.29. The lowest BCUT2D eigenvalue weighted by Gasteiger charge is -2.26. The summed E-state index contributed by atoms with van der Waals surface area (Å²) < 4.78 is 5.68. The lowest BCUT2D eigenvalue weighted by molar-refractivity contribution is 0.0439. The van der Waals surface area contributed by atoms with Crippen LogP contribution in [-0.2, 0) is 4.74 Å². The van der Waals surface area contributed by atoms with E-state index in [9.17, 15) is 4.79 Å². The molecule has 0 amide bonds. The summed E-state index contributed by atoms with van der Waals surface area (Å²) in [7, 11) is 0. The second kappa shape index (κ2) is 5.08. The summed E-state index contributed by atoms with van der Waals surface area (Å²) in [6, 6.07) is 20.5. The van der Waals surface area contributed by atoms with Crippen molar-refractivity contribution in [1.82, 2.24) is 0 Å². The van der Waals surface area contributed by atoms with E-state index in [2.05, 4.69) is 24.3 Å². The van der Waals surface area contributed by atoms with Gasteiger partial charge >= 0.3 is 0 Å². The molecule has 1 aliphatic heterocycles. The molecule has 0 saturated heterocycles. The lowest BCUT2D eigenvalue weighted by atomic mass is 9.85. The van der Waals surface area contributed by atoms with Crippen molar-refractivity contribution in [2.24, 2.45) is 0 Å². The maximum atomic E-state index is 12.3. The fraction of sp³-hybridized carbons (Fsp3) is 0.150. The third-order valence-corrected chi connectivity index (χ3v) is 4.32. The van der Waals surface area contributed by atoms with E-state index in [4.69, 9.17) is 4.74 Å². The van der Waals surface area contributed by atoms with Crippen LogP contribution in [0.2, 0.25) is 0 Å². The maximum absolute atomic E-state index is 12.3. The second-order valence-electron chi connectivity index (χ2n) is 5.68. The molecule has 0 spiro atoms. The van der Waals surface area contributed by atoms with Gasteiger partial charge in [0.2, 0.25) is 0 Å². The molecule has 1 atom stereocenters.